The molecule has 5 heteroatoms. The summed E-state index contributed by atoms with van der Waals surface area (Å²) in [7, 11) is 0. The summed E-state index contributed by atoms with van der Waals surface area (Å²) in [6.45, 7) is 0.466. The summed E-state index contributed by atoms with van der Waals surface area (Å²) in [5.74, 6) is -0.700. The molecule has 1 saturated heterocycles. The highest BCUT2D eigenvalue weighted by atomic mass is 19.1. The van der Waals surface area contributed by atoms with Crippen LogP contribution in [0.15, 0.2) is 24.3 Å². The molecule has 1 fully saturated rings. The largest absolute Gasteiger partial charge is 0.489 e. The van der Waals surface area contributed by atoms with Crippen LogP contribution >= 0.6 is 0 Å². The third-order valence-electron chi connectivity index (χ3n) is 2.77. The van der Waals surface area contributed by atoms with E-state index in [1.165, 1.54) is 12.1 Å². The fraction of sp³-hybridized carbons (Fsp3) is 0.417. The van der Waals surface area contributed by atoms with Crippen LogP contribution in [0.2, 0.25) is 0 Å². The minimum absolute atomic E-state index is 0.104. The van der Waals surface area contributed by atoms with E-state index < -0.39 is 12.0 Å². The molecule has 0 amide bonds. The quantitative estimate of drug-likeness (QED) is 0.837. The minimum Gasteiger partial charge on any atom is -0.489 e. The lowest BCUT2D eigenvalue weighted by Crippen LogP contribution is -2.47. The van der Waals surface area contributed by atoms with E-state index in [0.717, 1.165) is 0 Å². The Bertz CT molecular complexity index is 402. The van der Waals surface area contributed by atoms with Gasteiger partial charge in [-0.05, 0) is 25.0 Å². The molecule has 0 bridgehead atoms. The molecule has 92 valence electrons. The van der Waals surface area contributed by atoms with Gasteiger partial charge in [-0.1, -0.05) is 6.07 Å². The Kier molecular flexibility index (Phi) is 3.58. The zero-order chi connectivity index (χ0) is 12.3. The van der Waals surface area contributed by atoms with Crippen molar-refractivity contribution in [1.82, 2.24) is 5.32 Å². The molecular weight excluding hydrogens is 225 g/mol. The van der Waals surface area contributed by atoms with Crippen molar-refractivity contribution >= 4 is 5.97 Å². The summed E-state index contributed by atoms with van der Waals surface area (Å²) in [5, 5.41) is 11.7. The van der Waals surface area contributed by atoms with Crippen molar-refractivity contribution in [3.63, 3.8) is 0 Å². The highest BCUT2D eigenvalue weighted by Gasteiger charge is 2.26. The smallest absolute Gasteiger partial charge is 0.320 e. The highest BCUT2D eigenvalue weighted by molar-refractivity contribution is 5.73. The zero-order valence-corrected chi connectivity index (χ0v) is 9.23. The molecule has 4 nitrogen and oxygen atoms in total. The number of rotatable bonds is 3. The molecule has 1 aliphatic heterocycles. The molecule has 1 aliphatic rings. The molecule has 1 heterocycles. The van der Waals surface area contributed by atoms with E-state index in [4.69, 9.17) is 9.84 Å². The van der Waals surface area contributed by atoms with Gasteiger partial charge >= 0.3 is 5.97 Å². The van der Waals surface area contributed by atoms with Gasteiger partial charge in [0.1, 0.15) is 23.7 Å². The van der Waals surface area contributed by atoms with Crippen LogP contribution in [0.5, 0.6) is 5.75 Å². The number of carbonyl (C=O) groups is 1. The molecule has 1 aromatic carbocycles. The Labute approximate surface area is 98.4 Å². The molecule has 2 N–H and O–H groups in total. The number of carboxylic acid groups (broad SMARTS) is 1. The topological polar surface area (TPSA) is 58.6 Å². The Morgan fingerprint density at radius 1 is 1.47 bits per heavy atom. The van der Waals surface area contributed by atoms with Gasteiger partial charge in [0.2, 0.25) is 0 Å². The molecule has 0 radical (unpaired) electrons. The zero-order valence-electron chi connectivity index (χ0n) is 9.23. The summed E-state index contributed by atoms with van der Waals surface area (Å²) in [4.78, 5) is 10.7. The lowest BCUT2D eigenvalue weighted by molar-refractivity contribution is -0.140. The van der Waals surface area contributed by atoms with E-state index in [2.05, 4.69) is 5.32 Å². The SMILES string of the molecule is O=C(O)C1CCC(Oc2cccc(F)c2)CN1. The van der Waals surface area contributed by atoms with Crippen molar-refractivity contribution in [2.45, 2.75) is 25.0 Å². The first kappa shape index (κ1) is 11.9. The van der Waals surface area contributed by atoms with Crippen LogP contribution in [-0.2, 0) is 4.79 Å². The number of ether oxygens (including phenoxy) is 1. The van der Waals surface area contributed by atoms with Gasteiger partial charge in [-0.25, -0.2) is 4.39 Å². The predicted octanol–water partition coefficient (Wildman–Crippen LogP) is 1.41. The summed E-state index contributed by atoms with van der Waals surface area (Å²) >= 11 is 0. The second-order valence-corrected chi connectivity index (χ2v) is 4.07. The summed E-state index contributed by atoms with van der Waals surface area (Å²) in [6, 6.07) is 5.45. The third-order valence-corrected chi connectivity index (χ3v) is 2.77. The second kappa shape index (κ2) is 5.14. The number of nitrogens with one attached hydrogen (secondary N) is 1. The molecule has 0 aromatic heterocycles. The highest BCUT2D eigenvalue weighted by Crippen LogP contribution is 2.18. The van der Waals surface area contributed by atoms with Crippen LogP contribution in [-0.4, -0.2) is 29.8 Å². The van der Waals surface area contributed by atoms with E-state index in [0.29, 0.717) is 25.1 Å². The van der Waals surface area contributed by atoms with Gasteiger partial charge in [-0.3, -0.25) is 4.79 Å². The van der Waals surface area contributed by atoms with Crippen molar-refractivity contribution in [3.05, 3.63) is 30.1 Å². The van der Waals surface area contributed by atoms with E-state index in [9.17, 15) is 9.18 Å². The van der Waals surface area contributed by atoms with Crippen molar-refractivity contribution in [2.75, 3.05) is 6.54 Å². The van der Waals surface area contributed by atoms with Crippen molar-refractivity contribution in [1.29, 1.82) is 0 Å². The molecule has 0 saturated carbocycles. The summed E-state index contributed by atoms with van der Waals surface area (Å²) in [6.07, 6.45) is 1.07. The molecular formula is C12H14FNO3. The maximum Gasteiger partial charge on any atom is 0.320 e. The van der Waals surface area contributed by atoms with Crippen LogP contribution in [0.1, 0.15) is 12.8 Å². The van der Waals surface area contributed by atoms with Gasteiger partial charge in [0.05, 0.1) is 0 Å². The lowest BCUT2D eigenvalue weighted by atomic mass is 10.0. The molecule has 0 aliphatic carbocycles. The number of hydrogen-bond donors (Lipinski definition) is 2. The van der Waals surface area contributed by atoms with Crippen molar-refractivity contribution in [3.8, 4) is 5.75 Å². The Morgan fingerprint density at radius 3 is 2.88 bits per heavy atom. The van der Waals surface area contributed by atoms with Crippen molar-refractivity contribution < 1.29 is 19.0 Å². The van der Waals surface area contributed by atoms with Crippen LogP contribution < -0.4 is 10.1 Å². The fourth-order valence-electron chi connectivity index (χ4n) is 1.87. The first-order valence-electron chi connectivity index (χ1n) is 5.53. The van der Waals surface area contributed by atoms with Crippen LogP contribution in [0.4, 0.5) is 4.39 Å². The fourth-order valence-corrected chi connectivity index (χ4v) is 1.87. The second-order valence-electron chi connectivity index (χ2n) is 4.07. The third kappa shape index (κ3) is 3.17. The number of halogens is 1. The van der Waals surface area contributed by atoms with E-state index in [1.807, 2.05) is 0 Å². The minimum atomic E-state index is -0.839. The first-order valence-corrected chi connectivity index (χ1v) is 5.53. The molecule has 0 spiro atoms. The summed E-state index contributed by atoms with van der Waals surface area (Å²) < 4.78 is 18.5. The normalized spacial score (nSPS) is 24.3. The van der Waals surface area contributed by atoms with Gasteiger partial charge in [0.25, 0.3) is 0 Å². The van der Waals surface area contributed by atoms with Crippen molar-refractivity contribution in [2.24, 2.45) is 0 Å². The van der Waals surface area contributed by atoms with Crippen LogP contribution in [0.3, 0.4) is 0 Å². The van der Waals surface area contributed by atoms with Gasteiger partial charge in [-0.2, -0.15) is 0 Å². The number of hydrogen-bond acceptors (Lipinski definition) is 3. The van der Waals surface area contributed by atoms with Crippen LogP contribution in [0, 0.1) is 5.82 Å². The molecule has 2 unspecified atom stereocenters. The first-order chi connectivity index (χ1) is 8.15. The van der Waals surface area contributed by atoms with E-state index in [-0.39, 0.29) is 11.9 Å². The standard InChI is InChI=1S/C12H14FNO3/c13-8-2-1-3-9(6-8)17-10-4-5-11(12(15)16)14-7-10/h1-3,6,10-11,14H,4-5,7H2,(H,15,16). The number of carboxylic acids is 1. The molecule has 1 aromatic rings. The van der Waals surface area contributed by atoms with Gasteiger partial charge < -0.3 is 15.2 Å². The Morgan fingerprint density at radius 2 is 2.29 bits per heavy atom. The Hall–Kier alpha value is -1.62. The van der Waals surface area contributed by atoms with E-state index >= 15 is 0 Å². The molecule has 2 rings (SSSR count). The average Bonchev–Trinajstić information content (AvgIpc) is 2.29. The molecule has 2 atom stereocenters. The van der Waals surface area contributed by atoms with Crippen LogP contribution in [0.25, 0.3) is 0 Å². The number of aliphatic carboxylic acids is 1. The Balaban J connectivity index is 1.88. The summed E-state index contributed by atoms with van der Waals surface area (Å²) in [5.41, 5.74) is 0. The number of benzene rings is 1. The maximum atomic E-state index is 12.9. The number of piperidine rings is 1. The van der Waals surface area contributed by atoms with E-state index in [1.54, 1.807) is 12.1 Å². The average molecular weight is 239 g/mol. The predicted molar refractivity (Wildman–Crippen MR) is 59.5 cm³/mol. The lowest BCUT2D eigenvalue weighted by Gasteiger charge is -2.28. The maximum absolute atomic E-state index is 12.9. The van der Waals surface area contributed by atoms with Gasteiger partial charge in [0, 0.05) is 12.6 Å². The monoisotopic (exact) mass is 239 g/mol. The molecule has 17 heavy (non-hydrogen) atoms. The van der Waals surface area contributed by atoms with Gasteiger partial charge in [0.15, 0.2) is 0 Å². The van der Waals surface area contributed by atoms with Gasteiger partial charge in [-0.15, -0.1) is 0 Å².